The normalized spacial score (nSPS) is 10.0. The minimum Gasteiger partial charge on any atom is -0.497 e. The van der Waals surface area contributed by atoms with Crippen molar-refractivity contribution in [2.45, 2.75) is 39.5 Å². The van der Waals surface area contributed by atoms with Crippen LogP contribution in [0.3, 0.4) is 0 Å². The summed E-state index contributed by atoms with van der Waals surface area (Å²) in [5, 5.41) is 3.30. The minimum absolute atomic E-state index is 0.0988. The zero-order valence-corrected chi connectivity index (χ0v) is 16.1. The van der Waals surface area contributed by atoms with Crippen molar-refractivity contribution < 1.29 is 9.53 Å². The molecule has 0 spiro atoms. The maximum Gasteiger partial charge on any atom is 0.222 e. The van der Waals surface area contributed by atoms with Gasteiger partial charge >= 0.3 is 0 Å². The summed E-state index contributed by atoms with van der Waals surface area (Å²) >= 11 is 0. The van der Waals surface area contributed by atoms with E-state index < -0.39 is 0 Å². The monoisotopic (exact) mass is 366 g/mol. The van der Waals surface area contributed by atoms with Crippen LogP contribution in [0.5, 0.6) is 5.75 Å². The molecule has 2 rings (SSSR count). The van der Waals surface area contributed by atoms with Gasteiger partial charge < -0.3 is 20.6 Å². The summed E-state index contributed by atoms with van der Waals surface area (Å²) in [6.45, 7) is 4.46. The lowest BCUT2D eigenvalue weighted by molar-refractivity contribution is -0.117. The number of aryl methyl sites for hydroxylation is 1. The van der Waals surface area contributed by atoms with E-state index in [2.05, 4.69) is 34.0 Å². The lowest BCUT2D eigenvalue weighted by atomic mass is 10.1. The molecule has 3 N–H and O–H groups in total. The van der Waals surface area contributed by atoms with Crippen LogP contribution in [0.2, 0.25) is 0 Å². The van der Waals surface area contributed by atoms with Gasteiger partial charge in [-0.3, -0.25) is 0 Å². The molecule has 1 aromatic carbocycles. The van der Waals surface area contributed by atoms with E-state index in [1.165, 1.54) is 0 Å². The van der Waals surface area contributed by atoms with E-state index in [-0.39, 0.29) is 11.7 Å². The number of methoxy groups -OCH3 is 1. The van der Waals surface area contributed by atoms with E-state index in [4.69, 9.17) is 10.5 Å². The highest BCUT2D eigenvalue weighted by molar-refractivity contribution is 5.76. The largest absolute Gasteiger partial charge is 0.497 e. The third-order valence-corrected chi connectivity index (χ3v) is 3.96. The Kier molecular flexibility index (Phi) is 7.63. The second-order valence-corrected chi connectivity index (χ2v) is 6.21. The van der Waals surface area contributed by atoms with Crippen molar-refractivity contribution in [3.63, 3.8) is 0 Å². The fraction of sp³-hybridized carbons (Fsp3) is 0.381. The van der Waals surface area contributed by atoms with E-state index in [0.717, 1.165) is 30.7 Å². The summed E-state index contributed by atoms with van der Waals surface area (Å²) in [5.74, 6) is 7.99. The smallest absolute Gasteiger partial charge is 0.222 e. The van der Waals surface area contributed by atoms with Gasteiger partial charge in [0.05, 0.1) is 18.4 Å². The van der Waals surface area contributed by atoms with Gasteiger partial charge in [0, 0.05) is 18.5 Å². The van der Waals surface area contributed by atoms with Gasteiger partial charge in [0.1, 0.15) is 17.4 Å². The molecule has 0 aliphatic rings. The molecular weight excluding hydrogens is 340 g/mol. The summed E-state index contributed by atoms with van der Waals surface area (Å²) < 4.78 is 5.17. The summed E-state index contributed by atoms with van der Waals surface area (Å²) in [6, 6.07) is 7.51. The zero-order chi connectivity index (χ0) is 19.6. The van der Waals surface area contributed by atoms with Crippen molar-refractivity contribution in [3.05, 3.63) is 41.1 Å². The number of Topliss-reactive ketones (excluding diaryl/α,β-unsaturated/α-hetero) is 1. The number of aromatic nitrogens is 2. The van der Waals surface area contributed by atoms with Crippen molar-refractivity contribution in [2.24, 2.45) is 0 Å². The predicted octanol–water partition coefficient (Wildman–Crippen LogP) is 3.20. The highest BCUT2D eigenvalue weighted by Crippen LogP contribution is 2.19. The Hall–Kier alpha value is -3.07. The first-order valence-electron chi connectivity index (χ1n) is 9.09. The Bertz CT molecular complexity index is 836. The molecule has 0 atom stereocenters. The van der Waals surface area contributed by atoms with Crippen LogP contribution in [0, 0.1) is 11.8 Å². The standard InChI is InChI=1S/C21H26N4O2/c1-4-5-14-23-20-18(12-9-16-7-10-17(27-3)11-8-16)19(13-6-15(2)26)24-21(22)25-20/h7-8,10-11H,4-6,13-14H2,1-3H3,(H3,22,23,24,25). The molecule has 0 fully saturated rings. The summed E-state index contributed by atoms with van der Waals surface area (Å²) in [6.07, 6.45) is 2.95. The fourth-order valence-corrected chi connectivity index (χ4v) is 2.45. The van der Waals surface area contributed by atoms with Crippen LogP contribution in [-0.2, 0) is 11.2 Å². The maximum atomic E-state index is 11.4. The average molecular weight is 366 g/mol. The van der Waals surface area contributed by atoms with Gasteiger partial charge in [-0.1, -0.05) is 25.2 Å². The number of benzene rings is 1. The Morgan fingerprint density at radius 3 is 2.59 bits per heavy atom. The maximum absolute atomic E-state index is 11.4. The molecule has 0 saturated heterocycles. The van der Waals surface area contributed by atoms with E-state index in [0.29, 0.717) is 29.9 Å². The lowest BCUT2D eigenvalue weighted by Gasteiger charge is -2.11. The van der Waals surface area contributed by atoms with E-state index in [1.807, 2.05) is 24.3 Å². The molecule has 0 aliphatic carbocycles. The molecular formula is C21H26N4O2. The number of nitrogens with two attached hydrogens (primary N) is 1. The number of rotatable bonds is 8. The van der Waals surface area contributed by atoms with Crippen molar-refractivity contribution in [3.8, 4) is 17.6 Å². The molecule has 27 heavy (non-hydrogen) atoms. The Morgan fingerprint density at radius 1 is 1.22 bits per heavy atom. The molecule has 6 heteroatoms. The molecule has 0 bridgehead atoms. The highest BCUT2D eigenvalue weighted by Gasteiger charge is 2.12. The number of ketones is 1. The summed E-state index contributed by atoms with van der Waals surface area (Å²) in [7, 11) is 1.63. The number of hydrogen-bond acceptors (Lipinski definition) is 6. The number of anilines is 2. The molecule has 1 aromatic heterocycles. The summed E-state index contributed by atoms with van der Waals surface area (Å²) in [5.41, 5.74) is 8.10. The van der Waals surface area contributed by atoms with Crippen molar-refractivity contribution in [1.82, 2.24) is 9.97 Å². The molecule has 0 unspecified atom stereocenters. The quantitative estimate of drug-likeness (QED) is 0.551. The predicted molar refractivity (Wildman–Crippen MR) is 108 cm³/mol. The first-order valence-corrected chi connectivity index (χ1v) is 9.09. The van der Waals surface area contributed by atoms with Gasteiger partial charge in [-0.25, -0.2) is 4.98 Å². The van der Waals surface area contributed by atoms with E-state index >= 15 is 0 Å². The molecule has 1 heterocycles. The van der Waals surface area contributed by atoms with Gasteiger partial charge in [-0.2, -0.15) is 4.98 Å². The number of unbranched alkanes of at least 4 members (excludes halogenated alkanes) is 1. The van der Waals surface area contributed by atoms with Crippen LogP contribution in [0.15, 0.2) is 24.3 Å². The Labute approximate surface area is 160 Å². The number of carbonyl (C=O) groups is 1. The second-order valence-electron chi connectivity index (χ2n) is 6.21. The minimum atomic E-state index is 0.0988. The summed E-state index contributed by atoms with van der Waals surface area (Å²) in [4.78, 5) is 20.1. The molecule has 0 amide bonds. The van der Waals surface area contributed by atoms with Gasteiger partial charge in [0.15, 0.2) is 0 Å². The van der Waals surface area contributed by atoms with E-state index in [9.17, 15) is 4.79 Å². The Balaban J connectivity index is 2.39. The number of nitrogen functional groups attached to an aromatic ring is 1. The van der Waals surface area contributed by atoms with Crippen molar-refractivity contribution in [2.75, 3.05) is 24.7 Å². The molecule has 6 nitrogen and oxygen atoms in total. The van der Waals surface area contributed by atoms with Gasteiger partial charge in [-0.05, 0) is 44.0 Å². The SMILES string of the molecule is CCCCNc1nc(N)nc(CCC(C)=O)c1C#Cc1ccc(OC)cc1. The van der Waals surface area contributed by atoms with Crippen molar-refractivity contribution >= 4 is 17.5 Å². The van der Waals surface area contributed by atoms with Crippen LogP contribution in [0.4, 0.5) is 11.8 Å². The van der Waals surface area contributed by atoms with Gasteiger partial charge in [0.25, 0.3) is 0 Å². The number of carbonyl (C=O) groups excluding carboxylic acids is 1. The van der Waals surface area contributed by atoms with Crippen molar-refractivity contribution in [1.29, 1.82) is 0 Å². The van der Waals surface area contributed by atoms with Crippen LogP contribution >= 0.6 is 0 Å². The highest BCUT2D eigenvalue weighted by atomic mass is 16.5. The van der Waals surface area contributed by atoms with Gasteiger partial charge in [-0.15, -0.1) is 0 Å². The van der Waals surface area contributed by atoms with Gasteiger partial charge in [0.2, 0.25) is 5.95 Å². The van der Waals surface area contributed by atoms with Crippen LogP contribution < -0.4 is 15.8 Å². The number of hydrogen-bond donors (Lipinski definition) is 2. The Morgan fingerprint density at radius 2 is 1.96 bits per heavy atom. The van der Waals surface area contributed by atoms with Crippen LogP contribution in [0.25, 0.3) is 0 Å². The fourth-order valence-electron chi connectivity index (χ4n) is 2.45. The first kappa shape index (κ1) is 20.2. The average Bonchev–Trinajstić information content (AvgIpc) is 2.66. The molecule has 0 radical (unpaired) electrons. The number of ether oxygens (including phenoxy) is 1. The third-order valence-electron chi connectivity index (χ3n) is 3.96. The molecule has 0 saturated carbocycles. The van der Waals surface area contributed by atoms with Crippen LogP contribution in [0.1, 0.15) is 49.9 Å². The first-order chi connectivity index (χ1) is 13.0. The third kappa shape index (κ3) is 6.30. The van der Waals surface area contributed by atoms with Crippen LogP contribution in [-0.4, -0.2) is 29.4 Å². The zero-order valence-electron chi connectivity index (χ0n) is 16.1. The second kappa shape index (κ2) is 10.2. The number of nitrogens with one attached hydrogen (secondary N) is 1. The molecule has 0 aliphatic heterocycles. The molecule has 142 valence electrons. The lowest BCUT2D eigenvalue weighted by Crippen LogP contribution is -2.11. The number of nitrogens with zero attached hydrogens (tertiary/aromatic N) is 2. The molecule has 2 aromatic rings. The topological polar surface area (TPSA) is 90.1 Å². The van der Waals surface area contributed by atoms with E-state index in [1.54, 1.807) is 14.0 Å².